The quantitative estimate of drug-likeness (QED) is 0.503. The zero-order valence-electron chi connectivity index (χ0n) is 10.2. The largest absolute Gasteiger partial charge is 0.508 e. The number of hydrogen-bond donors (Lipinski definition) is 4. The van der Waals surface area contributed by atoms with Crippen molar-refractivity contribution in [3.63, 3.8) is 0 Å². The second-order valence-corrected chi connectivity index (χ2v) is 3.97. The number of benzene rings is 2. The van der Waals surface area contributed by atoms with Crippen LogP contribution in [0.5, 0.6) is 5.75 Å². The van der Waals surface area contributed by atoms with E-state index in [-0.39, 0.29) is 22.8 Å². The van der Waals surface area contributed by atoms with Crippen molar-refractivity contribution in [3.8, 4) is 5.75 Å². The van der Waals surface area contributed by atoms with Crippen LogP contribution in [0.25, 0.3) is 0 Å². The molecule has 2 aromatic rings. The van der Waals surface area contributed by atoms with E-state index in [4.69, 9.17) is 5.73 Å². The van der Waals surface area contributed by atoms with Gasteiger partial charge in [0.15, 0.2) is 0 Å². The zero-order valence-corrected chi connectivity index (χ0v) is 10.2. The maximum Gasteiger partial charge on any atom is 0.323 e. The summed E-state index contributed by atoms with van der Waals surface area (Å²) in [6.45, 7) is 0. The Morgan fingerprint density at radius 1 is 1.05 bits per heavy atom. The number of carbonyl (C=O) groups is 1. The third kappa shape index (κ3) is 3.14. The van der Waals surface area contributed by atoms with Crippen molar-refractivity contribution in [2.75, 3.05) is 16.4 Å². The van der Waals surface area contributed by atoms with Gasteiger partial charge in [0.1, 0.15) is 17.4 Å². The Morgan fingerprint density at radius 3 is 2.35 bits per heavy atom. The Balaban J connectivity index is 2.09. The summed E-state index contributed by atoms with van der Waals surface area (Å²) in [7, 11) is 0. The fourth-order valence-corrected chi connectivity index (χ4v) is 1.53. The fraction of sp³-hybridized carbons (Fsp3) is 0. The van der Waals surface area contributed by atoms with Gasteiger partial charge in [-0.25, -0.2) is 13.6 Å². The number of phenols is 1. The molecule has 0 radical (unpaired) electrons. The van der Waals surface area contributed by atoms with E-state index in [1.165, 1.54) is 18.2 Å². The highest BCUT2D eigenvalue weighted by Crippen LogP contribution is 2.23. The summed E-state index contributed by atoms with van der Waals surface area (Å²) in [4.78, 5) is 11.7. The second-order valence-electron chi connectivity index (χ2n) is 3.97. The summed E-state index contributed by atoms with van der Waals surface area (Å²) < 4.78 is 26.1. The van der Waals surface area contributed by atoms with Gasteiger partial charge >= 0.3 is 6.03 Å². The molecule has 0 aliphatic heterocycles. The van der Waals surface area contributed by atoms with Gasteiger partial charge in [0.05, 0.1) is 17.1 Å². The second kappa shape index (κ2) is 5.43. The molecule has 2 amide bonds. The van der Waals surface area contributed by atoms with E-state index < -0.39 is 17.7 Å². The molecule has 20 heavy (non-hydrogen) atoms. The van der Waals surface area contributed by atoms with Crippen LogP contribution in [-0.4, -0.2) is 11.1 Å². The minimum atomic E-state index is -0.890. The van der Waals surface area contributed by atoms with Crippen LogP contribution < -0.4 is 16.4 Å². The number of carbonyl (C=O) groups excluding carboxylic acids is 1. The first kappa shape index (κ1) is 13.6. The van der Waals surface area contributed by atoms with E-state index in [0.29, 0.717) is 6.07 Å². The van der Waals surface area contributed by atoms with Gasteiger partial charge in [-0.3, -0.25) is 0 Å². The molecule has 0 aromatic heterocycles. The van der Waals surface area contributed by atoms with Gasteiger partial charge in [0, 0.05) is 12.1 Å². The van der Waals surface area contributed by atoms with Crippen LogP contribution in [-0.2, 0) is 0 Å². The molecular weight excluding hydrogens is 268 g/mol. The lowest BCUT2D eigenvalue weighted by atomic mass is 10.2. The summed E-state index contributed by atoms with van der Waals surface area (Å²) in [5, 5.41) is 13.8. The molecule has 5 nitrogen and oxygen atoms in total. The Labute approximate surface area is 113 Å². The van der Waals surface area contributed by atoms with E-state index in [9.17, 15) is 18.7 Å². The summed E-state index contributed by atoms with van der Waals surface area (Å²) in [5.74, 6) is -1.67. The van der Waals surface area contributed by atoms with Gasteiger partial charge in [0.25, 0.3) is 0 Å². The maximum atomic E-state index is 13.3. The molecule has 7 heteroatoms. The first-order valence-corrected chi connectivity index (χ1v) is 5.57. The highest BCUT2D eigenvalue weighted by Gasteiger charge is 2.09. The standard InChI is InChI=1S/C13H11F2N3O2/c14-7-1-3-11(9(15)5-7)17-13(20)18-12-4-2-8(19)6-10(12)16/h1-6,19H,16H2,(H2,17,18,20). The van der Waals surface area contributed by atoms with E-state index >= 15 is 0 Å². The SMILES string of the molecule is Nc1cc(O)ccc1NC(=O)Nc1ccc(F)cc1F. The number of urea groups is 1. The predicted molar refractivity (Wildman–Crippen MR) is 71.5 cm³/mol. The van der Waals surface area contributed by atoms with Crippen LogP contribution in [0.4, 0.5) is 30.6 Å². The van der Waals surface area contributed by atoms with Crippen molar-refractivity contribution in [3.05, 3.63) is 48.0 Å². The Kier molecular flexibility index (Phi) is 3.69. The number of halogens is 2. The lowest BCUT2D eigenvalue weighted by molar-refractivity contribution is 0.262. The molecule has 0 unspecified atom stereocenters. The van der Waals surface area contributed by atoms with Gasteiger partial charge in [0.2, 0.25) is 0 Å². The molecule has 0 fully saturated rings. The number of rotatable bonds is 2. The molecule has 0 aliphatic carbocycles. The van der Waals surface area contributed by atoms with Gasteiger partial charge < -0.3 is 21.5 Å². The minimum Gasteiger partial charge on any atom is -0.508 e. The molecule has 0 spiro atoms. The highest BCUT2D eigenvalue weighted by atomic mass is 19.1. The number of aromatic hydroxyl groups is 1. The van der Waals surface area contributed by atoms with E-state index in [0.717, 1.165) is 12.1 Å². The lowest BCUT2D eigenvalue weighted by Crippen LogP contribution is -2.20. The van der Waals surface area contributed by atoms with Crippen molar-refractivity contribution >= 4 is 23.1 Å². The van der Waals surface area contributed by atoms with Crippen molar-refractivity contribution in [1.82, 2.24) is 0 Å². The van der Waals surface area contributed by atoms with Crippen molar-refractivity contribution in [2.45, 2.75) is 0 Å². The first-order chi connectivity index (χ1) is 9.45. The number of amides is 2. The van der Waals surface area contributed by atoms with Crippen LogP contribution in [0.1, 0.15) is 0 Å². The van der Waals surface area contributed by atoms with Crippen LogP contribution >= 0.6 is 0 Å². The van der Waals surface area contributed by atoms with Gasteiger partial charge in [-0.05, 0) is 24.3 Å². The van der Waals surface area contributed by atoms with E-state index in [2.05, 4.69) is 10.6 Å². The van der Waals surface area contributed by atoms with Gasteiger partial charge in [-0.15, -0.1) is 0 Å². The van der Waals surface area contributed by atoms with Crippen LogP contribution in [0, 0.1) is 11.6 Å². The Bertz CT molecular complexity index is 607. The topological polar surface area (TPSA) is 87.4 Å². The van der Waals surface area contributed by atoms with Crippen molar-refractivity contribution in [1.29, 1.82) is 0 Å². The molecule has 104 valence electrons. The molecule has 0 heterocycles. The maximum absolute atomic E-state index is 13.3. The molecule has 0 atom stereocenters. The number of anilines is 3. The number of hydrogen-bond acceptors (Lipinski definition) is 3. The molecule has 0 saturated heterocycles. The zero-order chi connectivity index (χ0) is 14.7. The van der Waals surface area contributed by atoms with Crippen molar-refractivity contribution < 1.29 is 18.7 Å². The minimum absolute atomic E-state index is 0.0435. The molecule has 2 aromatic carbocycles. The van der Waals surface area contributed by atoms with E-state index in [1.807, 2.05) is 0 Å². The van der Waals surface area contributed by atoms with Crippen LogP contribution in [0.3, 0.4) is 0 Å². The number of phenolic OH excluding ortho intramolecular Hbond substituents is 1. The smallest absolute Gasteiger partial charge is 0.323 e. The average Bonchev–Trinajstić information content (AvgIpc) is 2.36. The molecule has 2 rings (SSSR count). The van der Waals surface area contributed by atoms with Crippen LogP contribution in [0.2, 0.25) is 0 Å². The molecule has 5 N–H and O–H groups in total. The first-order valence-electron chi connectivity index (χ1n) is 5.57. The van der Waals surface area contributed by atoms with E-state index in [1.54, 1.807) is 0 Å². The molecule has 0 aliphatic rings. The number of nitrogens with two attached hydrogens (primary N) is 1. The lowest BCUT2D eigenvalue weighted by Gasteiger charge is -2.10. The van der Waals surface area contributed by atoms with Crippen LogP contribution in [0.15, 0.2) is 36.4 Å². The number of nitrogen functional groups attached to an aromatic ring is 1. The Hall–Kier alpha value is -2.83. The van der Waals surface area contributed by atoms with Crippen molar-refractivity contribution in [2.24, 2.45) is 0 Å². The molecular formula is C13H11F2N3O2. The van der Waals surface area contributed by atoms with Gasteiger partial charge in [-0.2, -0.15) is 0 Å². The third-order valence-corrected chi connectivity index (χ3v) is 2.46. The Morgan fingerprint density at radius 2 is 1.70 bits per heavy atom. The molecule has 0 bridgehead atoms. The summed E-state index contributed by atoms with van der Waals surface area (Å²) in [6.07, 6.45) is 0. The summed E-state index contributed by atoms with van der Waals surface area (Å²) in [5.41, 5.74) is 5.83. The number of nitrogens with one attached hydrogen (secondary N) is 2. The van der Waals surface area contributed by atoms with Gasteiger partial charge in [-0.1, -0.05) is 0 Å². The third-order valence-electron chi connectivity index (χ3n) is 2.46. The fourth-order valence-electron chi connectivity index (χ4n) is 1.53. The summed E-state index contributed by atoms with van der Waals surface area (Å²) >= 11 is 0. The molecule has 0 saturated carbocycles. The predicted octanol–water partition coefficient (Wildman–Crippen LogP) is 2.90. The monoisotopic (exact) mass is 279 g/mol. The highest BCUT2D eigenvalue weighted by molar-refractivity contribution is 6.01. The summed E-state index contributed by atoms with van der Waals surface area (Å²) in [6, 6.07) is 6.03. The normalized spacial score (nSPS) is 10.1. The average molecular weight is 279 g/mol.